The Balaban J connectivity index is 2.06. The van der Waals surface area contributed by atoms with Crippen LogP contribution in [0.25, 0.3) is 0 Å². The van der Waals surface area contributed by atoms with E-state index in [2.05, 4.69) is 20.6 Å². The predicted molar refractivity (Wildman–Crippen MR) is 110 cm³/mol. The van der Waals surface area contributed by atoms with Crippen LogP contribution in [0.4, 0.5) is 17.3 Å². The first-order valence-corrected chi connectivity index (χ1v) is 8.99. The molecule has 0 saturated carbocycles. The van der Waals surface area contributed by atoms with E-state index in [1.807, 2.05) is 81.4 Å². The van der Waals surface area contributed by atoms with Gasteiger partial charge in [-0.05, 0) is 31.9 Å². The molecule has 0 amide bonds. The van der Waals surface area contributed by atoms with Crippen molar-refractivity contribution in [1.82, 2.24) is 9.97 Å². The van der Waals surface area contributed by atoms with E-state index in [1.54, 1.807) is 0 Å². The van der Waals surface area contributed by atoms with Crippen molar-refractivity contribution >= 4 is 17.3 Å². The Bertz CT molecular complexity index is 901. The highest BCUT2D eigenvalue weighted by atomic mass is 16.6. The van der Waals surface area contributed by atoms with Gasteiger partial charge in [0, 0.05) is 5.54 Å². The predicted octanol–water partition coefficient (Wildman–Crippen LogP) is 4.80. The quantitative estimate of drug-likeness (QED) is 0.474. The second kappa shape index (κ2) is 8.04. The molecule has 144 valence electrons. The van der Waals surface area contributed by atoms with Gasteiger partial charge in [-0.15, -0.1) is 0 Å². The minimum absolute atomic E-state index is 0.171. The molecule has 7 heteroatoms. The summed E-state index contributed by atoms with van der Waals surface area (Å²) in [4.78, 5) is 19.6. The summed E-state index contributed by atoms with van der Waals surface area (Å²) in [6.45, 7) is 5.76. The summed E-state index contributed by atoms with van der Waals surface area (Å²) in [7, 11) is 0. The van der Waals surface area contributed by atoms with Crippen LogP contribution < -0.4 is 10.6 Å². The van der Waals surface area contributed by atoms with E-state index in [-0.39, 0.29) is 28.9 Å². The number of nitro groups is 1. The van der Waals surface area contributed by atoms with Gasteiger partial charge in [0.15, 0.2) is 0 Å². The van der Waals surface area contributed by atoms with Crippen molar-refractivity contribution in [2.75, 3.05) is 10.6 Å². The topological polar surface area (TPSA) is 93.0 Å². The van der Waals surface area contributed by atoms with Crippen LogP contribution >= 0.6 is 0 Å². The molecule has 0 unspecified atom stereocenters. The fourth-order valence-corrected chi connectivity index (χ4v) is 2.89. The zero-order valence-electron chi connectivity index (χ0n) is 16.1. The molecule has 0 spiro atoms. The Kier molecular flexibility index (Phi) is 5.54. The standard InChI is InChI=1S/C21H23N5O2/c1-21(2,3)25-20-18(26(27)28)19(22-14-23-20)24-17(15-10-6-4-7-11-15)16-12-8-5-9-13-16/h4-14,17H,1-3H3,(H2,22,23,24,25). The largest absolute Gasteiger partial charge is 0.360 e. The van der Waals surface area contributed by atoms with Gasteiger partial charge in [-0.1, -0.05) is 60.7 Å². The van der Waals surface area contributed by atoms with Gasteiger partial charge in [-0.3, -0.25) is 10.1 Å². The van der Waals surface area contributed by atoms with E-state index in [1.165, 1.54) is 6.33 Å². The molecule has 0 aliphatic carbocycles. The number of anilines is 2. The summed E-state index contributed by atoms with van der Waals surface area (Å²) in [6.07, 6.45) is 1.33. The minimum Gasteiger partial charge on any atom is -0.360 e. The number of aromatic nitrogens is 2. The molecule has 2 N–H and O–H groups in total. The molecule has 0 bridgehead atoms. The summed E-state index contributed by atoms with van der Waals surface area (Å²) >= 11 is 0. The maximum atomic E-state index is 11.8. The van der Waals surface area contributed by atoms with Gasteiger partial charge in [-0.25, -0.2) is 9.97 Å². The molecule has 28 heavy (non-hydrogen) atoms. The average Bonchev–Trinajstić information content (AvgIpc) is 2.66. The fraction of sp³-hybridized carbons (Fsp3) is 0.238. The van der Waals surface area contributed by atoms with Gasteiger partial charge in [0.2, 0.25) is 11.6 Å². The van der Waals surface area contributed by atoms with Crippen molar-refractivity contribution in [3.63, 3.8) is 0 Å². The third-order valence-corrected chi connectivity index (χ3v) is 4.05. The highest BCUT2D eigenvalue weighted by Crippen LogP contribution is 2.34. The lowest BCUT2D eigenvalue weighted by atomic mass is 9.98. The molecule has 0 saturated heterocycles. The third kappa shape index (κ3) is 4.62. The molecule has 0 radical (unpaired) electrons. The molecule has 0 aliphatic heterocycles. The highest BCUT2D eigenvalue weighted by Gasteiger charge is 2.28. The molecular weight excluding hydrogens is 354 g/mol. The monoisotopic (exact) mass is 377 g/mol. The normalized spacial score (nSPS) is 11.3. The van der Waals surface area contributed by atoms with E-state index < -0.39 is 4.92 Å². The van der Waals surface area contributed by atoms with Crippen molar-refractivity contribution in [2.24, 2.45) is 0 Å². The van der Waals surface area contributed by atoms with E-state index in [9.17, 15) is 10.1 Å². The summed E-state index contributed by atoms with van der Waals surface area (Å²) in [5.41, 5.74) is 1.41. The van der Waals surface area contributed by atoms with Crippen molar-refractivity contribution in [3.8, 4) is 0 Å². The van der Waals surface area contributed by atoms with Gasteiger partial charge in [0.25, 0.3) is 0 Å². The van der Waals surface area contributed by atoms with Gasteiger partial charge in [-0.2, -0.15) is 0 Å². The summed E-state index contributed by atoms with van der Waals surface area (Å²) in [6, 6.07) is 19.2. The lowest BCUT2D eigenvalue weighted by Gasteiger charge is -2.23. The van der Waals surface area contributed by atoms with Crippen LogP contribution in [0.3, 0.4) is 0 Å². The van der Waals surface area contributed by atoms with Crippen LogP contribution in [-0.2, 0) is 0 Å². The van der Waals surface area contributed by atoms with Crippen molar-refractivity contribution < 1.29 is 4.92 Å². The minimum atomic E-state index is -0.455. The van der Waals surface area contributed by atoms with Gasteiger partial charge in [0.05, 0.1) is 11.0 Å². The Morgan fingerprint density at radius 1 is 0.893 bits per heavy atom. The van der Waals surface area contributed by atoms with E-state index in [0.29, 0.717) is 0 Å². The van der Waals surface area contributed by atoms with Crippen LogP contribution in [0.1, 0.15) is 37.9 Å². The van der Waals surface area contributed by atoms with Crippen LogP contribution in [0.5, 0.6) is 0 Å². The molecule has 0 fully saturated rings. The average molecular weight is 377 g/mol. The number of hydrogen-bond donors (Lipinski definition) is 2. The summed E-state index contributed by atoms with van der Waals surface area (Å²) in [5.74, 6) is 0.360. The van der Waals surface area contributed by atoms with Crippen molar-refractivity contribution in [3.05, 3.63) is 88.2 Å². The van der Waals surface area contributed by atoms with Crippen molar-refractivity contribution in [2.45, 2.75) is 32.4 Å². The molecule has 1 aromatic heterocycles. The molecule has 2 aromatic carbocycles. The Labute approximate surface area is 164 Å². The summed E-state index contributed by atoms with van der Waals surface area (Å²) in [5, 5.41) is 18.2. The maximum absolute atomic E-state index is 11.8. The van der Waals surface area contributed by atoms with Crippen LogP contribution in [0.2, 0.25) is 0 Å². The van der Waals surface area contributed by atoms with Gasteiger partial charge in [0.1, 0.15) is 6.33 Å². The lowest BCUT2D eigenvalue weighted by molar-refractivity contribution is -0.383. The molecule has 0 atom stereocenters. The Morgan fingerprint density at radius 2 is 1.39 bits per heavy atom. The first kappa shape index (κ1) is 19.3. The van der Waals surface area contributed by atoms with Crippen molar-refractivity contribution in [1.29, 1.82) is 0 Å². The van der Waals surface area contributed by atoms with E-state index in [0.717, 1.165) is 11.1 Å². The van der Waals surface area contributed by atoms with E-state index in [4.69, 9.17) is 0 Å². The first-order chi connectivity index (χ1) is 13.3. The zero-order valence-corrected chi connectivity index (χ0v) is 16.1. The summed E-state index contributed by atoms with van der Waals surface area (Å²) < 4.78 is 0. The third-order valence-electron chi connectivity index (χ3n) is 4.05. The molecule has 0 aliphatic rings. The maximum Gasteiger partial charge on any atom is 0.353 e. The Hall–Kier alpha value is -3.48. The molecule has 3 aromatic rings. The van der Waals surface area contributed by atoms with E-state index >= 15 is 0 Å². The lowest BCUT2D eigenvalue weighted by Crippen LogP contribution is -2.27. The Morgan fingerprint density at radius 3 is 1.86 bits per heavy atom. The van der Waals surface area contributed by atoms with Crippen LogP contribution in [-0.4, -0.2) is 20.4 Å². The molecular formula is C21H23N5O2. The number of rotatable bonds is 6. The van der Waals surface area contributed by atoms with Gasteiger partial charge >= 0.3 is 5.69 Å². The van der Waals surface area contributed by atoms with Crippen LogP contribution in [0.15, 0.2) is 67.0 Å². The number of benzene rings is 2. The molecule has 3 rings (SSSR count). The van der Waals surface area contributed by atoms with Crippen LogP contribution in [0, 0.1) is 10.1 Å². The highest BCUT2D eigenvalue weighted by molar-refractivity contribution is 5.70. The number of nitrogens with one attached hydrogen (secondary N) is 2. The second-order valence-corrected chi connectivity index (χ2v) is 7.45. The number of hydrogen-bond acceptors (Lipinski definition) is 6. The first-order valence-electron chi connectivity index (χ1n) is 8.99. The SMILES string of the molecule is CC(C)(C)Nc1ncnc(NC(c2ccccc2)c2ccccc2)c1[N+](=O)[O-]. The smallest absolute Gasteiger partial charge is 0.353 e. The second-order valence-electron chi connectivity index (χ2n) is 7.45. The zero-order chi connectivity index (χ0) is 20.1. The van der Waals surface area contributed by atoms with Gasteiger partial charge < -0.3 is 10.6 Å². The molecule has 7 nitrogen and oxygen atoms in total. The fourth-order valence-electron chi connectivity index (χ4n) is 2.89. The number of nitrogens with zero attached hydrogens (tertiary/aromatic N) is 3. The molecule has 1 heterocycles.